The number of hydrogen-bond acceptors (Lipinski definition) is 4. The number of esters is 1. The van der Waals surface area contributed by atoms with Gasteiger partial charge in [0.05, 0.1) is 0 Å². The smallest absolute Gasteiger partial charge is 0.331 e. The SMILES string of the molecule is Cn1ccnc1C(=O)C[C@H](c1ccc(Br)cc1)[C@@]1(C)C=CC(=O)O1. The molecule has 0 saturated heterocycles. The molecule has 0 unspecified atom stereocenters. The molecule has 1 aliphatic heterocycles. The summed E-state index contributed by atoms with van der Waals surface area (Å²) < 4.78 is 8.15. The van der Waals surface area contributed by atoms with E-state index in [1.54, 1.807) is 30.1 Å². The molecular weight excluding hydrogens is 372 g/mol. The van der Waals surface area contributed by atoms with E-state index in [0.717, 1.165) is 10.0 Å². The molecule has 1 aliphatic rings. The van der Waals surface area contributed by atoms with Gasteiger partial charge in [-0.3, -0.25) is 4.79 Å². The zero-order chi connectivity index (χ0) is 17.3. The molecule has 0 bridgehead atoms. The number of aryl methyl sites for hydroxylation is 1. The molecule has 6 heteroatoms. The molecule has 0 amide bonds. The maximum atomic E-state index is 12.7. The Labute approximate surface area is 148 Å². The first-order valence-corrected chi connectivity index (χ1v) is 8.36. The topological polar surface area (TPSA) is 61.2 Å². The molecule has 124 valence electrons. The highest BCUT2D eigenvalue weighted by Crippen LogP contribution is 2.39. The van der Waals surface area contributed by atoms with E-state index >= 15 is 0 Å². The molecule has 2 heterocycles. The highest BCUT2D eigenvalue weighted by Gasteiger charge is 2.41. The molecule has 3 rings (SSSR count). The van der Waals surface area contributed by atoms with Gasteiger partial charge < -0.3 is 9.30 Å². The third-order valence-electron chi connectivity index (χ3n) is 4.30. The average molecular weight is 389 g/mol. The largest absolute Gasteiger partial charge is 0.451 e. The predicted octanol–water partition coefficient (Wildman–Crippen LogP) is 3.41. The third-order valence-corrected chi connectivity index (χ3v) is 4.82. The summed E-state index contributed by atoms with van der Waals surface area (Å²) in [6, 6.07) is 7.70. The number of ketones is 1. The van der Waals surface area contributed by atoms with Crippen molar-refractivity contribution in [1.82, 2.24) is 9.55 Å². The van der Waals surface area contributed by atoms with Crippen LogP contribution < -0.4 is 0 Å². The summed E-state index contributed by atoms with van der Waals surface area (Å²) in [5, 5.41) is 0. The standard InChI is InChI=1S/C18H17BrN2O3/c1-18(8-7-16(23)24-18)14(12-3-5-13(19)6-4-12)11-15(22)17-20-9-10-21(17)2/h3-10,14H,11H2,1-2H3/t14-,18-/m1/s1. The number of carbonyl (C=O) groups is 2. The van der Waals surface area contributed by atoms with Gasteiger partial charge in [-0.1, -0.05) is 28.1 Å². The lowest BCUT2D eigenvalue weighted by molar-refractivity contribution is -0.145. The molecule has 0 N–H and O–H groups in total. The van der Waals surface area contributed by atoms with Crippen LogP contribution in [0.5, 0.6) is 0 Å². The van der Waals surface area contributed by atoms with E-state index in [1.807, 2.05) is 31.2 Å². The monoisotopic (exact) mass is 388 g/mol. The number of hydrogen-bond donors (Lipinski definition) is 0. The van der Waals surface area contributed by atoms with E-state index in [-0.39, 0.29) is 24.1 Å². The van der Waals surface area contributed by atoms with Gasteiger partial charge in [0.15, 0.2) is 11.6 Å². The molecular formula is C18H17BrN2O3. The highest BCUT2D eigenvalue weighted by atomic mass is 79.9. The van der Waals surface area contributed by atoms with Crippen LogP contribution in [0.15, 0.2) is 53.3 Å². The number of carbonyl (C=O) groups excluding carboxylic acids is 2. The van der Waals surface area contributed by atoms with Crippen molar-refractivity contribution in [1.29, 1.82) is 0 Å². The Morgan fingerprint density at radius 2 is 2.08 bits per heavy atom. The molecule has 0 radical (unpaired) electrons. The minimum absolute atomic E-state index is 0.0898. The molecule has 0 spiro atoms. The Bertz CT molecular complexity index is 810. The average Bonchev–Trinajstić information content (AvgIpc) is 3.12. The second-order valence-corrected chi connectivity index (χ2v) is 6.95. The summed E-state index contributed by atoms with van der Waals surface area (Å²) in [5.41, 5.74) is 0.0776. The molecule has 5 nitrogen and oxygen atoms in total. The quantitative estimate of drug-likeness (QED) is 0.581. The molecule has 1 aromatic carbocycles. The predicted molar refractivity (Wildman–Crippen MR) is 92.7 cm³/mol. The van der Waals surface area contributed by atoms with Crippen LogP contribution in [-0.4, -0.2) is 26.9 Å². The van der Waals surface area contributed by atoms with Gasteiger partial charge in [0.1, 0.15) is 5.60 Å². The number of Topliss-reactive ketones (excluding diaryl/α,β-unsaturated/α-hetero) is 1. The molecule has 0 fully saturated rings. The molecule has 2 aromatic rings. The van der Waals surface area contributed by atoms with Crippen molar-refractivity contribution in [3.05, 3.63) is 64.7 Å². The number of cyclic esters (lactones) is 1. The van der Waals surface area contributed by atoms with Gasteiger partial charge in [-0.05, 0) is 30.7 Å². The third kappa shape index (κ3) is 3.19. The van der Waals surface area contributed by atoms with Gasteiger partial charge in [0.2, 0.25) is 0 Å². The van der Waals surface area contributed by atoms with Crippen molar-refractivity contribution in [2.24, 2.45) is 7.05 Å². The number of ether oxygens (including phenoxy) is 1. The van der Waals surface area contributed by atoms with Gasteiger partial charge >= 0.3 is 5.97 Å². The lowest BCUT2D eigenvalue weighted by Crippen LogP contribution is -2.34. The van der Waals surface area contributed by atoms with E-state index in [1.165, 1.54) is 6.08 Å². The lowest BCUT2D eigenvalue weighted by atomic mass is 9.80. The summed E-state index contributed by atoms with van der Waals surface area (Å²) in [7, 11) is 1.78. The summed E-state index contributed by atoms with van der Waals surface area (Å²) in [4.78, 5) is 28.4. The first-order valence-electron chi connectivity index (χ1n) is 7.57. The Balaban J connectivity index is 1.95. The molecule has 2 atom stereocenters. The number of aromatic nitrogens is 2. The van der Waals surface area contributed by atoms with E-state index < -0.39 is 5.60 Å². The minimum atomic E-state index is -0.855. The van der Waals surface area contributed by atoms with Crippen molar-refractivity contribution >= 4 is 27.7 Å². The van der Waals surface area contributed by atoms with E-state index in [9.17, 15) is 9.59 Å². The first kappa shape index (κ1) is 16.6. The normalized spacial score (nSPS) is 20.9. The summed E-state index contributed by atoms with van der Waals surface area (Å²) in [5.74, 6) is -0.372. The number of imidazole rings is 1. The maximum Gasteiger partial charge on any atom is 0.331 e. The fourth-order valence-electron chi connectivity index (χ4n) is 2.96. The van der Waals surface area contributed by atoms with Crippen LogP contribution in [0.2, 0.25) is 0 Å². The van der Waals surface area contributed by atoms with Crippen molar-refractivity contribution in [2.75, 3.05) is 0 Å². The van der Waals surface area contributed by atoms with Crippen molar-refractivity contribution in [3.8, 4) is 0 Å². The second kappa shape index (κ2) is 6.36. The Morgan fingerprint density at radius 3 is 2.62 bits per heavy atom. The fourth-order valence-corrected chi connectivity index (χ4v) is 3.23. The number of benzene rings is 1. The highest BCUT2D eigenvalue weighted by molar-refractivity contribution is 9.10. The molecule has 24 heavy (non-hydrogen) atoms. The van der Waals surface area contributed by atoms with Crippen molar-refractivity contribution in [2.45, 2.75) is 24.9 Å². The van der Waals surface area contributed by atoms with E-state index in [2.05, 4.69) is 20.9 Å². The summed E-state index contributed by atoms with van der Waals surface area (Å²) in [6.07, 6.45) is 6.67. The number of halogens is 1. The minimum Gasteiger partial charge on any atom is -0.451 e. The second-order valence-electron chi connectivity index (χ2n) is 6.03. The van der Waals surface area contributed by atoms with Crippen LogP contribution in [0.1, 0.15) is 35.4 Å². The number of rotatable bonds is 5. The van der Waals surface area contributed by atoms with Gasteiger partial charge in [0.25, 0.3) is 0 Å². The Morgan fingerprint density at radius 1 is 1.38 bits per heavy atom. The van der Waals surface area contributed by atoms with Crippen molar-refractivity contribution in [3.63, 3.8) is 0 Å². The van der Waals surface area contributed by atoms with Crippen LogP contribution in [0.3, 0.4) is 0 Å². The van der Waals surface area contributed by atoms with Crippen molar-refractivity contribution < 1.29 is 14.3 Å². The molecule has 0 aliphatic carbocycles. The van der Waals surface area contributed by atoms with Crippen LogP contribution in [0, 0.1) is 0 Å². The zero-order valence-electron chi connectivity index (χ0n) is 13.4. The Hall–Kier alpha value is -2.21. The van der Waals surface area contributed by atoms with Gasteiger partial charge in [-0.2, -0.15) is 0 Å². The van der Waals surface area contributed by atoms with Crippen LogP contribution >= 0.6 is 15.9 Å². The zero-order valence-corrected chi connectivity index (χ0v) is 15.0. The van der Waals surface area contributed by atoms with E-state index in [4.69, 9.17) is 4.74 Å². The van der Waals surface area contributed by atoms with Gasteiger partial charge in [0, 0.05) is 42.3 Å². The van der Waals surface area contributed by atoms with Crippen LogP contribution in [0.4, 0.5) is 0 Å². The van der Waals surface area contributed by atoms with Gasteiger partial charge in [-0.25, -0.2) is 9.78 Å². The number of nitrogens with zero attached hydrogens (tertiary/aromatic N) is 2. The summed E-state index contributed by atoms with van der Waals surface area (Å²) in [6.45, 7) is 1.83. The van der Waals surface area contributed by atoms with Crippen LogP contribution in [0.25, 0.3) is 0 Å². The summed E-state index contributed by atoms with van der Waals surface area (Å²) >= 11 is 3.41. The van der Waals surface area contributed by atoms with E-state index in [0.29, 0.717) is 5.82 Å². The fraction of sp³-hybridized carbons (Fsp3) is 0.278. The van der Waals surface area contributed by atoms with Gasteiger partial charge in [-0.15, -0.1) is 0 Å². The molecule has 1 aromatic heterocycles. The first-order chi connectivity index (χ1) is 11.4. The van der Waals surface area contributed by atoms with Crippen LogP contribution in [-0.2, 0) is 16.6 Å². The lowest BCUT2D eigenvalue weighted by Gasteiger charge is -2.31. The maximum absolute atomic E-state index is 12.7. The Kier molecular flexibility index (Phi) is 4.41. The molecule has 0 saturated carbocycles.